The quantitative estimate of drug-likeness (QED) is 0.669. The highest BCUT2D eigenvalue weighted by Gasteiger charge is 2.41. The molecule has 2 aromatic rings. The van der Waals surface area contributed by atoms with Crippen molar-refractivity contribution in [1.82, 2.24) is 9.97 Å². The Hall–Kier alpha value is -1.82. The molecule has 0 aliphatic heterocycles. The SMILES string of the molecule is Cc1ccc(C(OON)(c2cncnc2)C(C)C)cc1. The maximum absolute atomic E-state index is 5.50. The minimum absolute atomic E-state index is 0.0692. The molecule has 1 unspecified atom stereocenters. The van der Waals surface area contributed by atoms with E-state index in [2.05, 4.69) is 15.0 Å². The summed E-state index contributed by atoms with van der Waals surface area (Å²) in [6.07, 6.45) is 4.91. The predicted octanol–water partition coefficient (Wildman–Crippen LogP) is 2.51. The normalized spacial score (nSPS) is 14.2. The lowest BCUT2D eigenvalue weighted by atomic mass is 9.78. The topological polar surface area (TPSA) is 70.3 Å². The van der Waals surface area contributed by atoms with Crippen molar-refractivity contribution in [3.8, 4) is 0 Å². The van der Waals surface area contributed by atoms with Gasteiger partial charge in [-0.1, -0.05) is 43.7 Å². The second kappa shape index (κ2) is 6.09. The van der Waals surface area contributed by atoms with E-state index in [0.717, 1.165) is 11.1 Å². The van der Waals surface area contributed by atoms with Crippen molar-refractivity contribution in [3.63, 3.8) is 0 Å². The summed E-state index contributed by atoms with van der Waals surface area (Å²) in [4.78, 5) is 18.2. The van der Waals surface area contributed by atoms with E-state index >= 15 is 0 Å². The Bertz CT molecular complexity index is 543. The van der Waals surface area contributed by atoms with Gasteiger partial charge in [-0.25, -0.2) is 14.9 Å². The van der Waals surface area contributed by atoms with Crippen LogP contribution < -0.4 is 5.90 Å². The van der Waals surface area contributed by atoms with Crippen LogP contribution in [-0.2, 0) is 15.5 Å². The third kappa shape index (κ3) is 2.56. The van der Waals surface area contributed by atoms with Gasteiger partial charge in [0.1, 0.15) is 6.33 Å². The molecule has 20 heavy (non-hydrogen) atoms. The lowest BCUT2D eigenvalue weighted by molar-refractivity contribution is -0.370. The van der Waals surface area contributed by atoms with Crippen molar-refractivity contribution >= 4 is 0 Å². The number of hydrogen-bond donors (Lipinski definition) is 1. The Labute approximate surface area is 118 Å². The lowest BCUT2D eigenvalue weighted by Crippen LogP contribution is -2.38. The van der Waals surface area contributed by atoms with Gasteiger partial charge in [0, 0.05) is 18.0 Å². The summed E-state index contributed by atoms with van der Waals surface area (Å²) in [5.74, 6) is 5.26. The Kier molecular flexibility index (Phi) is 4.44. The highest BCUT2D eigenvalue weighted by atomic mass is 17.3. The summed E-state index contributed by atoms with van der Waals surface area (Å²) >= 11 is 0. The molecule has 5 nitrogen and oxygen atoms in total. The van der Waals surface area contributed by atoms with Crippen molar-refractivity contribution in [2.45, 2.75) is 26.4 Å². The fourth-order valence-electron chi connectivity index (χ4n) is 2.39. The summed E-state index contributed by atoms with van der Waals surface area (Å²) in [7, 11) is 0. The second-order valence-corrected chi connectivity index (χ2v) is 5.06. The Balaban J connectivity index is 2.61. The number of rotatable bonds is 5. The van der Waals surface area contributed by atoms with Crippen LogP contribution >= 0.6 is 0 Å². The molecule has 0 aliphatic rings. The first-order valence-corrected chi connectivity index (χ1v) is 6.48. The van der Waals surface area contributed by atoms with Crippen LogP contribution in [0.4, 0.5) is 0 Å². The number of aromatic nitrogens is 2. The smallest absolute Gasteiger partial charge is 0.161 e. The molecule has 0 fully saturated rings. The van der Waals surface area contributed by atoms with Gasteiger partial charge < -0.3 is 0 Å². The number of benzene rings is 1. The summed E-state index contributed by atoms with van der Waals surface area (Å²) in [6, 6.07) is 8.05. The molecule has 0 saturated heterocycles. The molecule has 0 saturated carbocycles. The molecule has 106 valence electrons. The van der Waals surface area contributed by atoms with Crippen molar-refractivity contribution in [2.24, 2.45) is 11.8 Å². The standard InChI is InChI=1S/C15H19N3O2/c1-11(2)15(19-20-16,14-8-17-10-18-9-14)13-6-4-12(3)5-7-13/h4-11H,16H2,1-3H3. The predicted molar refractivity (Wildman–Crippen MR) is 75.2 cm³/mol. The number of nitrogens with zero attached hydrogens (tertiary/aromatic N) is 2. The van der Waals surface area contributed by atoms with Gasteiger partial charge in [0.15, 0.2) is 5.60 Å². The monoisotopic (exact) mass is 273 g/mol. The minimum atomic E-state index is -0.844. The minimum Gasteiger partial charge on any atom is -0.244 e. The van der Waals surface area contributed by atoms with Crippen LogP contribution in [0.5, 0.6) is 0 Å². The van der Waals surface area contributed by atoms with Crippen LogP contribution in [0.25, 0.3) is 0 Å². The van der Waals surface area contributed by atoms with Crippen molar-refractivity contribution in [3.05, 3.63) is 59.7 Å². The third-order valence-electron chi connectivity index (χ3n) is 3.46. The summed E-state index contributed by atoms with van der Waals surface area (Å²) in [6.45, 7) is 6.10. The van der Waals surface area contributed by atoms with E-state index in [1.807, 2.05) is 45.0 Å². The van der Waals surface area contributed by atoms with E-state index in [-0.39, 0.29) is 5.92 Å². The fourth-order valence-corrected chi connectivity index (χ4v) is 2.39. The van der Waals surface area contributed by atoms with Crippen LogP contribution in [-0.4, -0.2) is 9.97 Å². The zero-order valence-electron chi connectivity index (χ0n) is 11.9. The molecule has 1 atom stereocenters. The maximum Gasteiger partial charge on any atom is 0.161 e. The van der Waals surface area contributed by atoms with Gasteiger partial charge in [-0.3, -0.25) is 0 Å². The fraction of sp³-hybridized carbons (Fsp3) is 0.333. The van der Waals surface area contributed by atoms with Gasteiger partial charge in [-0.05, 0) is 18.4 Å². The van der Waals surface area contributed by atoms with Crippen LogP contribution in [0.3, 0.4) is 0 Å². The third-order valence-corrected chi connectivity index (χ3v) is 3.46. The molecule has 1 aromatic carbocycles. The number of aryl methyl sites for hydroxylation is 1. The first-order chi connectivity index (χ1) is 9.61. The van der Waals surface area contributed by atoms with E-state index in [4.69, 9.17) is 10.8 Å². The summed E-state index contributed by atoms with van der Waals surface area (Å²) in [5.41, 5.74) is 2.07. The maximum atomic E-state index is 5.50. The summed E-state index contributed by atoms with van der Waals surface area (Å²) < 4.78 is 0. The molecule has 2 rings (SSSR count). The van der Waals surface area contributed by atoms with E-state index in [0.29, 0.717) is 0 Å². The average molecular weight is 273 g/mol. The largest absolute Gasteiger partial charge is 0.244 e. The first kappa shape index (κ1) is 14.6. The zero-order chi connectivity index (χ0) is 14.6. The van der Waals surface area contributed by atoms with Crippen molar-refractivity contribution in [2.75, 3.05) is 0 Å². The second-order valence-electron chi connectivity index (χ2n) is 5.06. The molecule has 2 N–H and O–H groups in total. The van der Waals surface area contributed by atoms with Crippen LogP contribution in [0.15, 0.2) is 43.0 Å². The molecular weight excluding hydrogens is 254 g/mol. The molecule has 0 radical (unpaired) electrons. The van der Waals surface area contributed by atoms with Crippen molar-refractivity contribution in [1.29, 1.82) is 0 Å². The van der Waals surface area contributed by atoms with Crippen LogP contribution in [0, 0.1) is 12.8 Å². The van der Waals surface area contributed by atoms with E-state index in [1.54, 1.807) is 12.4 Å². The molecule has 1 heterocycles. The molecule has 0 aliphatic carbocycles. The molecule has 0 spiro atoms. The number of nitrogens with two attached hydrogens (primary N) is 1. The van der Waals surface area contributed by atoms with Crippen LogP contribution in [0.1, 0.15) is 30.5 Å². The molecule has 0 bridgehead atoms. The van der Waals surface area contributed by atoms with Crippen molar-refractivity contribution < 1.29 is 9.88 Å². The van der Waals surface area contributed by atoms with Crippen LogP contribution in [0.2, 0.25) is 0 Å². The number of hydrogen-bond acceptors (Lipinski definition) is 5. The molecule has 0 amide bonds. The molecular formula is C15H19N3O2. The van der Waals surface area contributed by atoms with Gasteiger partial charge in [0.05, 0.1) is 0 Å². The van der Waals surface area contributed by atoms with Gasteiger partial charge in [0.25, 0.3) is 0 Å². The summed E-state index contributed by atoms with van der Waals surface area (Å²) in [5, 5.41) is 0. The van der Waals surface area contributed by atoms with Gasteiger partial charge in [-0.2, -0.15) is 5.90 Å². The average Bonchev–Trinajstić information content (AvgIpc) is 2.46. The Morgan fingerprint density at radius 3 is 2.15 bits per heavy atom. The Morgan fingerprint density at radius 1 is 1.05 bits per heavy atom. The first-order valence-electron chi connectivity index (χ1n) is 6.48. The molecule has 1 aromatic heterocycles. The van der Waals surface area contributed by atoms with Gasteiger partial charge in [0.2, 0.25) is 0 Å². The lowest BCUT2D eigenvalue weighted by Gasteiger charge is -2.35. The van der Waals surface area contributed by atoms with Gasteiger partial charge in [-0.15, -0.1) is 4.99 Å². The highest BCUT2D eigenvalue weighted by molar-refractivity contribution is 5.36. The van der Waals surface area contributed by atoms with E-state index in [9.17, 15) is 0 Å². The highest BCUT2D eigenvalue weighted by Crippen LogP contribution is 2.39. The van der Waals surface area contributed by atoms with Gasteiger partial charge >= 0.3 is 0 Å². The Morgan fingerprint density at radius 2 is 1.65 bits per heavy atom. The van der Waals surface area contributed by atoms with E-state index < -0.39 is 5.60 Å². The zero-order valence-corrected chi connectivity index (χ0v) is 11.9. The van der Waals surface area contributed by atoms with E-state index in [1.165, 1.54) is 11.9 Å². The molecule has 5 heteroatoms.